The highest BCUT2D eigenvalue weighted by Crippen LogP contribution is 2.34. The maximum atomic E-state index is 13.0. The highest BCUT2D eigenvalue weighted by atomic mass is 19.4. The van der Waals surface area contributed by atoms with Crippen LogP contribution in [-0.2, 0) is 12.7 Å². The number of piperazine rings is 1. The Morgan fingerprint density at radius 1 is 1.05 bits per heavy atom. The maximum Gasteiger partial charge on any atom is 0.416 e. The van der Waals surface area contributed by atoms with Crippen molar-refractivity contribution >= 4 is 5.69 Å². The van der Waals surface area contributed by atoms with Crippen molar-refractivity contribution in [2.24, 2.45) is 0 Å². The Morgan fingerprint density at radius 2 is 1.64 bits per heavy atom. The second kappa shape index (κ2) is 6.78. The topological polar surface area (TPSA) is 32.5 Å². The number of nitrogen functional groups attached to an aromatic ring is 1. The van der Waals surface area contributed by atoms with Crippen molar-refractivity contribution in [1.29, 1.82) is 0 Å². The molecule has 0 bridgehead atoms. The predicted molar refractivity (Wildman–Crippen MR) is 73.6 cm³/mol. The van der Waals surface area contributed by atoms with Gasteiger partial charge in [0.1, 0.15) is 0 Å². The lowest BCUT2D eigenvalue weighted by Crippen LogP contribution is -2.47. The second-order valence-corrected chi connectivity index (χ2v) is 5.38. The van der Waals surface area contributed by atoms with E-state index < -0.39 is 18.2 Å². The van der Waals surface area contributed by atoms with E-state index in [0.717, 1.165) is 6.07 Å². The van der Waals surface area contributed by atoms with Gasteiger partial charge in [-0.15, -0.1) is 0 Å². The lowest BCUT2D eigenvalue weighted by Gasteiger charge is -2.34. The first-order chi connectivity index (χ1) is 10.3. The van der Waals surface area contributed by atoms with Crippen molar-refractivity contribution in [3.8, 4) is 0 Å². The molecule has 0 amide bonds. The van der Waals surface area contributed by atoms with E-state index in [-0.39, 0.29) is 24.3 Å². The standard InChI is InChI=1S/C14H18F5N3/c15-13(16)9-22-5-3-21(4-6-22)8-10-1-2-11(20)7-12(10)14(17,18)19/h1-2,7,13H,3-6,8-9,20H2. The lowest BCUT2D eigenvalue weighted by atomic mass is 10.1. The van der Waals surface area contributed by atoms with Gasteiger partial charge in [0.15, 0.2) is 0 Å². The zero-order valence-electron chi connectivity index (χ0n) is 11.9. The summed E-state index contributed by atoms with van der Waals surface area (Å²) in [6.07, 6.45) is -6.84. The zero-order chi connectivity index (χ0) is 16.3. The molecule has 2 N–H and O–H groups in total. The molecule has 1 aliphatic rings. The van der Waals surface area contributed by atoms with Crippen LogP contribution in [0.2, 0.25) is 0 Å². The summed E-state index contributed by atoms with van der Waals surface area (Å²) in [6.45, 7) is 1.64. The first-order valence-electron chi connectivity index (χ1n) is 6.94. The number of hydrogen-bond donors (Lipinski definition) is 1. The third-order valence-electron chi connectivity index (χ3n) is 3.69. The van der Waals surface area contributed by atoms with E-state index in [9.17, 15) is 22.0 Å². The minimum absolute atomic E-state index is 0.0674. The molecule has 124 valence electrons. The van der Waals surface area contributed by atoms with Gasteiger partial charge in [0.2, 0.25) is 0 Å². The van der Waals surface area contributed by atoms with Crippen LogP contribution < -0.4 is 5.73 Å². The Kier molecular flexibility index (Phi) is 5.23. The first-order valence-corrected chi connectivity index (χ1v) is 6.94. The summed E-state index contributed by atoms with van der Waals surface area (Å²) in [5, 5.41) is 0. The summed E-state index contributed by atoms with van der Waals surface area (Å²) in [4.78, 5) is 3.46. The zero-order valence-corrected chi connectivity index (χ0v) is 11.9. The van der Waals surface area contributed by atoms with Crippen LogP contribution in [0.5, 0.6) is 0 Å². The molecular formula is C14H18F5N3. The van der Waals surface area contributed by atoms with Crippen molar-refractivity contribution < 1.29 is 22.0 Å². The fourth-order valence-corrected chi connectivity index (χ4v) is 2.56. The predicted octanol–water partition coefficient (Wildman–Crippen LogP) is 2.67. The van der Waals surface area contributed by atoms with Crippen LogP contribution in [0.3, 0.4) is 0 Å². The number of benzene rings is 1. The van der Waals surface area contributed by atoms with E-state index in [4.69, 9.17) is 5.73 Å². The van der Waals surface area contributed by atoms with Crippen LogP contribution >= 0.6 is 0 Å². The molecule has 0 aliphatic carbocycles. The monoisotopic (exact) mass is 323 g/mol. The number of rotatable bonds is 4. The van der Waals surface area contributed by atoms with Crippen LogP contribution in [0.25, 0.3) is 0 Å². The Bertz CT molecular complexity index is 496. The Labute approximate surface area is 125 Å². The molecule has 3 nitrogen and oxygen atoms in total. The molecule has 0 unspecified atom stereocenters. The Hall–Kier alpha value is -1.41. The first kappa shape index (κ1) is 17.0. The lowest BCUT2D eigenvalue weighted by molar-refractivity contribution is -0.138. The number of hydrogen-bond acceptors (Lipinski definition) is 3. The number of nitrogens with zero attached hydrogens (tertiary/aromatic N) is 2. The smallest absolute Gasteiger partial charge is 0.399 e. The van der Waals surface area contributed by atoms with E-state index in [1.165, 1.54) is 12.1 Å². The molecule has 0 spiro atoms. The van der Waals surface area contributed by atoms with Gasteiger partial charge in [-0.25, -0.2) is 8.78 Å². The average molecular weight is 323 g/mol. The Morgan fingerprint density at radius 3 is 2.18 bits per heavy atom. The normalized spacial score (nSPS) is 18.1. The molecule has 0 radical (unpaired) electrons. The van der Waals surface area contributed by atoms with Crippen LogP contribution in [0.15, 0.2) is 18.2 Å². The molecule has 1 heterocycles. The third kappa shape index (κ3) is 4.54. The van der Waals surface area contributed by atoms with Crippen molar-refractivity contribution in [2.45, 2.75) is 19.1 Å². The summed E-state index contributed by atoms with van der Waals surface area (Å²) < 4.78 is 63.7. The van der Waals surface area contributed by atoms with Gasteiger partial charge in [0.05, 0.1) is 12.1 Å². The number of alkyl halides is 5. The number of anilines is 1. The Balaban J connectivity index is 2.01. The molecule has 1 aliphatic heterocycles. The molecule has 0 aromatic heterocycles. The molecule has 1 aromatic carbocycles. The summed E-state index contributed by atoms with van der Waals surface area (Å²) >= 11 is 0. The van der Waals surface area contributed by atoms with E-state index in [1.54, 1.807) is 4.90 Å². The van der Waals surface area contributed by atoms with Gasteiger partial charge in [-0.05, 0) is 17.7 Å². The van der Waals surface area contributed by atoms with Gasteiger partial charge in [0.25, 0.3) is 6.43 Å². The van der Waals surface area contributed by atoms with Crippen molar-refractivity contribution in [2.75, 3.05) is 38.5 Å². The molecule has 0 atom stereocenters. The van der Waals surface area contributed by atoms with Gasteiger partial charge in [-0.1, -0.05) is 6.07 Å². The maximum absolute atomic E-state index is 13.0. The van der Waals surface area contributed by atoms with Crippen molar-refractivity contribution in [1.82, 2.24) is 9.80 Å². The number of nitrogens with two attached hydrogens (primary N) is 1. The second-order valence-electron chi connectivity index (χ2n) is 5.38. The van der Waals surface area contributed by atoms with E-state index >= 15 is 0 Å². The highest BCUT2D eigenvalue weighted by molar-refractivity contribution is 5.46. The number of halogens is 5. The average Bonchev–Trinajstić information content (AvgIpc) is 2.41. The SMILES string of the molecule is Nc1ccc(CN2CCN(CC(F)F)CC2)c(C(F)(F)F)c1. The van der Waals surface area contributed by atoms with Crippen molar-refractivity contribution in [3.05, 3.63) is 29.3 Å². The van der Waals surface area contributed by atoms with Crippen LogP contribution in [0.1, 0.15) is 11.1 Å². The fraction of sp³-hybridized carbons (Fsp3) is 0.571. The van der Waals surface area contributed by atoms with Gasteiger partial charge >= 0.3 is 6.18 Å². The van der Waals surface area contributed by atoms with Crippen molar-refractivity contribution in [3.63, 3.8) is 0 Å². The molecule has 1 fully saturated rings. The minimum atomic E-state index is -4.46. The largest absolute Gasteiger partial charge is 0.416 e. The molecule has 22 heavy (non-hydrogen) atoms. The molecule has 1 aromatic rings. The minimum Gasteiger partial charge on any atom is -0.399 e. The summed E-state index contributed by atoms with van der Waals surface area (Å²) in [5.74, 6) is 0. The fourth-order valence-electron chi connectivity index (χ4n) is 2.56. The van der Waals surface area contributed by atoms with E-state index in [0.29, 0.717) is 26.2 Å². The molecule has 2 rings (SSSR count). The van der Waals surface area contributed by atoms with Crippen LogP contribution in [-0.4, -0.2) is 48.9 Å². The molecular weight excluding hydrogens is 305 g/mol. The van der Waals surface area contributed by atoms with Gasteiger partial charge in [-0.3, -0.25) is 9.80 Å². The molecule has 1 saturated heterocycles. The van der Waals surface area contributed by atoms with E-state index in [1.807, 2.05) is 4.90 Å². The third-order valence-corrected chi connectivity index (χ3v) is 3.69. The van der Waals surface area contributed by atoms with Crippen LogP contribution in [0, 0.1) is 0 Å². The van der Waals surface area contributed by atoms with Gasteiger partial charge in [-0.2, -0.15) is 13.2 Å². The van der Waals surface area contributed by atoms with E-state index in [2.05, 4.69) is 0 Å². The summed E-state index contributed by atoms with van der Waals surface area (Å²) in [7, 11) is 0. The quantitative estimate of drug-likeness (QED) is 0.683. The molecule has 8 heteroatoms. The van der Waals surface area contributed by atoms with Crippen LogP contribution in [0.4, 0.5) is 27.6 Å². The molecule has 0 saturated carbocycles. The van der Waals surface area contributed by atoms with Gasteiger partial charge < -0.3 is 5.73 Å². The summed E-state index contributed by atoms with van der Waals surface area (Å²) in [5.41, 5.74) is 4.92. The summed E-state index contributed by atoms with van der Waals surface area (Å²) in [6, 6.07) is 3.75. The highest BCUT2D eigenvalue weighted by Gasteiger charge is 2.34. The van der Waals surface area contributed by atoms with Gasteiger partial charge in [0, 0.05) is 38.4 Å².